The number of anilines is 1. The quantitative estimate of drug-likeness (QED) is 0.804. The molecule has 0 aliphatic carbocycles. The van der Waals surface area contributed by atoms with E-state index >= 15 is 0 Å². The summed E-state index contributed by atoms with van der Waals surface area (Å²) >= 11 is 0. The van der Waals surface area contributed by atoms with Crippen LogP contribution in [0.3, 0.4) is 0 Å². The van der Waals surface area contributed by atoms with Crippen molar-refractivity contribution in [3.8, 4) is 17.0 Å². The molecule has 3 rings (SSSR count). The van der Waals surface area contributed by atoms with Crippen LogP contribution in [0, 0.1) is 5.92 Å². The van der Waals surface area contributed by atoms with Crippen LogP contribution in [0.5, 0.6) is 5.75 Å². The van der Waals surface area contributed by atoms with Gasteiger partial charge in [-0.2, -0.15) is 0 Å². The number of carbonyl (C=O) groups is 1. The van der Waals surface area contributed by atoms with Crippen molar-refractivity contribution in [2.75, 3.05) is 32.2 Å². The Balaban J connectivity index is 1.72. The Bertz CT molecular complexity index is 686. The molecule has 0 spiro atoms. The highest BCUT2D eigenvalue weighted by Crippen LogP contribution is 2.24. The highest BCUT2D eigenvalue weighted by Gasteiger charge is 2.27. The zero-order valence-electron chi connectivity index (χ0n) is 13.9. The van der Waals surface area contributed by atoms with Crippen LogP contribution in [0.15, 0.2) is 36.4 Å². The molecule has 1 aromatic heterocycles. The molecule has 0 amide bonds. The van der Waals surface area contributed by atoms with Gasteiger partial charge < -0.3 is 14.4 Å². The third-order valence-electron chi connectivity index (χ3n) is 4.32. The van der Waals surface area contributed by atoms with Crippen LogP contribution in [-0.4, -0.2) is 43.5 Å². The fourth-order valence-electron chi connectivity index (χ4n) is 2.95. The van der Waals surface area contributed by atoms with Crippen LogP contribution in [-0.2, 0) is 9.53 Å². The molecule has 0 saturated carbocycles. The van der Waals surface area contributed by atoms with E-state index in [1.54, 1.807) is 7.11 Å². The number of carbonyl (C=O) groups excluding carboxylic acids is 1. The Morgan fingerprint density at radius 2 is 1.92 bits per heavy atom. The number of methoxy groups -OCH3 is 2. The number of esters is 1. The van der Waals surface area contributed by atoms with Gasteiger partial charge in [-0.25, -0.2) is 0 Å². The van der Waals surface area contributed by atoms with Crippen molar-refractivity contribution >= 4 is 11.8 Å². The summed E-state index contributed by atoms with van der Waals surface area (Å²) in [5, 5.41) is 8.65. The normalized spacial score (nSPS) is 17.4. The zero-order valence-corrected chi connectivity index (χ0v) is 13.9. The molecule has 1 aliphatic rings. The zero-order chi connectivity index (χ0) is 16.9. The molecule has 0 bridgehead atoms. The van der Waals surface area contributed by atoms with Crippen molar-refractivity contribution in [1.29, 1.82) is 0 Å². The van der Waals surface area contributed by atoms with Crippen molar-refractivity contribution in [3.63, 3.8) is 0 Å². The number of hydrogen-bond donors (Lipinski definition) is 0. The lowest BCUT2D eigenvalue weighted by Gasteiger charge is -2.31. The fraction of sp³-hybridized carbons (Fsp3) is 0.389. The fourth-order valence-corrected chi connectivity index (χ4v) is 2.95. The van der Waals surface area contributed by atoms with Gasteiger partial charge in [0.2, 0.25) is 0 Å². The highest BCUT2D eigenvalue weighted by molar-refractivity contribution is 5.73. The summed E-state index contributed by atoms with van der Waals surface area (Å²) < 4.78 is 10.0. The predicted octanol–water partition coefficient (Wildman–Crippen LogP) is 2.54. The van der Waals surface area contributed by atoms with Gasteiger partial charge in [0, 0.05) is 18.7 Å². The molecule has 6 heteroatoms. The summed E-state index contributed by atoms with van der Waals surface area (Å²) in [6.07, 6.45) is 1.81. The van der Waals surface area contributed by atoms with Crippen LogP contribution in [0.2, 0.25) is 0 Å². The number of hydrogen-bond acceptors (Lipinski definition) is 6. The summed E-state index contributed by atoms with van der Waals surface area (Å²) in [6.45, 7) is 1.51. The van der Waals surface area contributed by atoms with E-state index in [1.165, 1.54) is 7.11 Å². The van der Waals surface area contributed by atoms with Gasteiger partial charge in [-0.3, -0.25) is 4.79 Å². The van der Waals surface area contributed by atoms with Crippen LogP contribution in [0.4, 0.5) is 5.82 Å². The van der Waals surface area contributed by atoms with Crippen molar-refractivity contribution in [3.05, 3.63) is 36.4 Å². The first-order chi connectivity index (χ1) is 11.7. The van der Waals surface area contributed by atoms with Crippen molar-refractivity contribution in [2.45, 2.75) is 12.8 Å². The molecular weight excluding hydrogens is 306 g/mol. The van der Waals surface area contributed by atoms with Crippen LogP contribution < -0.4 is 9.64 Å². The second-order valence-electron chi connectivity index (χ2n) is 5.81. The Labute approximate surface area is 141 Å². The second-order valence-corrected chi connectivity index (χ2v) is 5.81. The smallest absolute Gasteiger partial charge is 0.310 e. The number of rotatable bonds is 4. The van der Waals surface area contributed by atoms with E-state index in [0.717, 1.165) is 42.2 Å². The maximum Gasteiger partial charge on any atom is 0.310 e. The lowest BCUT2D eigenvalue weighted by Crippen LogP contribution is -2.39. The minimum absolute atomic E-state index is 0.0909. The lowest BCUT2D eigenvalue weighted by molar-refractivity contribution is -0.145. The standard InChI is InChI=1S/C18H21N3O3/c1-23-15-7-5-13(6-8-15)16-9-10-17(20-19-16)21-11-3-4-14(12-21)18(22)24-2/h5-10,14H,3-4,11-12H2,1-2H3. The first-order valence-electron chi connectivity index (χ1n) is 8.02. The van der Waals surface area contributed by atoms with Gasteiger partial charge in [-0.05, 0) is 49.2 Å². The molecule has 0 N–H and O–H groups in total. The molecule has 1 fully saturated rings. The summed E-state index contributed by atoms with van der Waals surface area (Å²) in [5.74, 6) is 1.36. The number of benzene rings is 1. The average molecular weight is 327 g/mol. The van der Waals surface area contributed by atoms with Gasteiger partial charge in [0.05, 0.1) is 25.8 Å². The van der Waals surface area contributed by atoms with E-state index < -0.39 is 0 Å². The molecule has 1 saturated heterocycles. The van der Waals surface area contributed by atoms with Gasteiger partial charge in [0.15, 0.2) is 5.82 Å². The Morgan fingerprint density at radius 1 is 1.12 bits per heavy atom. The van der Waals surface area contributed by atoms with Gasteiger partial charge in [0.1, 0.15) is 5.75 Å². The lowest BCUT2D eigenvalue weighted by atomic mass is 9.98. The number of nitrogens with zero attached hydrogens (tertiary/aromatic N) is 3. The SMILES string of the molecule is COC(=O)C1CCCN(c2ccc(-c3ccc(OC)cc3)nn2)C1. The maximum atomic E-state index is 11.7. The molecule has 24 heavy (non-hydrogen) atoms. The largest absolute Gasteiger partial charge is 0.497 e. The molecule has 1 aliphatic heterocycles. The topological polar surface area (TPSA) is 64.5 Å². The van der Waals surface area contributed by atoms with E-state index in [0.29, 0.717) is 6.54 Å². The third kappa shape index (κ3) is 3.48. The average Bonchev–Trinajstić information content (AvgIpc) is 2.67. The highest BCUT2D eigenvalue weighted by atomic mass is 16.5. The molecule has 2 heterocycles. The van der Waals surface area contributed by atoms with E-state index in [4.69, 9.17) is 9.47 Å². The van der Waals surface area contributed by atoms with Gasteiger partial charge in [-0.15, -0.1) is 10.2 Å². The number of aromatic nitrogens is 2. The van der Waals surface area contributed by atoms with E-state index in [9.17, 15) is 4.79 Å². The second kappa shape index (κ2) is 7.29. The molecule has 1 aromatic carbocycles. The molecule has 0 radical (unpaired) electrons. The minimum atomic E-state index is -0.150. The van der Waals surface area contributed by atoms with E-state index in [1.807, 2.05) is 36.4 Å². The third-order valence-corrected chi connectivity index (χ3v) is 4.32. The molecule has 2 aromatic rings. The molecule has 1 atom stereocenters. The van der Waals surface area contributed by atoms with Crippen LogP contribution in [0.25, 0.3) is 11.3 Å². The Hall–Kier alpha value is -2.63. The minimum Gasteiger partial charge on any atom is -0.497 e. The summed E-state index contributed by atoms with van der Waals surface area (Å²) in [4.78, 5) is 13.8. The van der Waals surface area contributed by atoms with Gasteiger partial charge >= 0.3 is 5.97 Å². The first-order valence-corrected chi connectivity index (χ1v) is 8.02. The van der Waals surface area contributed by atoms with Crippen molar-refractivity contribution in [2.24, 2.45) is 5.92 Å². The van der Waals surface area contributed by atoms with E-state index in [-0.39, 0.29) is 11.9 Å². The maximum absolute atomic E-state index is 11.7. The van der Waals surface area contributed by atoms with Crippen LogP contribution in [0.1, 0.15) is 12.8 Å². The van der Waals surface area contributed by atoms with Crippen molar-refractivity contribution < 1.29 is 14.3 Å². The molecule has 126 valence electrons. The van der Waals surface area contributed by atoms with Crippen LogP contribution >= 0.6 is 0 Å². The number of piperidine rings is 1. The summed E-state index contributed by atoms with van der Waals surface area (Å²) in [6, 6.07) is 11.6. The summed E-state index contributed by atoms with van der Waals surface area (Å²) in [7, 11) is 3.08. The van der Waals surface area contributed by atoms with Gasteiger partial charge in [0.25, 0.3) is 0 Å². The Kier molecular flexibility index (Phi) is 4.93. The van der Waals surface area contributed by atoms with Crippen molar-refractivity contribution in [1.82, 2.24) is 10.2 Å². The summed E-state index contributed by atoms with van der Waals surface area (Å²) in [5.41, 5.74) is 1.80. The molecule has 1 unspecified atom stereocenters. The Morgan fingerprint density at radius 3 is 2.54 bits per heavy atom. The van der Waals surface area contributed by atoms with E-state index in [2.05, 4.69) is 15.1 Å². The molecule has 6 nitrogen and oxygen atoms in total. The monoisotopic (exact) mass is 327 g/mol. The number of ether oxygens (including phenoxy) is 2. The molecular formula is C18H21N3O3. The first kappa shape index (κ1) is 16.2. The van der Waals surface area contributed by atoms with Gasteiger partial charge in [-0.1, -0.05) is 0 Å². The predicted molar refractivity (Wildman–Crippen MR) is 91.0 cm³/mol.